The van der Waals surface area contributed by atoms with Crippen LogP contribution in [0.1, 0.15) is 20.8 Å². The molecular formula is C19H25N3O6S. The SMILES string of the molecule is CCOc1cc(NC(=O)Nc2ccc(S(N)(=O)=O)cc2)cc(OCC)c1OCC. The zero-order valence-corrected chi connectivity index (χ0v) is 17.3. The number of hydrogen-bond donors (Lipinski definition) is 3. The van der Waals surface area contributed by atoms with Crippen LogP contribution in [0.15, 0.2) is 41.3 Å². The van der Waals surface area contributed by atoms with Crippen LogP contribution in [0.4, 0.5) is 16.2 Å². The van der Waals surface area contributed by atoms with E-state index < -0.39 is 16.1 Å². The minimum Gasteiger partial charge on any atom is -0.490 e. The molecular weight excluding hydrogens is 398 g/mol. The summed E-state index contributed by atoms with van der Waals surface area (Å²) < 4.78 is 39.5. The Bertz CT molecular complexity index is 918. The first-order valence-corrected chi connectivity index (χ1v) is 10.6. The molecule has 9 nitrogen and oxygen atoms in total. The molecule has 2 rings (SSSR count). The molecule has 0 unspecified atom stereocenters. The lowest BCUT2D eigenvalue weighted by atomic mass is 10.2. The minimum absolute atomic E-state index is 0.0438. The molecule has 2 aromatic rings. The average molecular weight is 423 g/mol. The highest BCUT2D eigenvalue weighted by atomic mass is 32.2. The van der Waals surface area contributed by atoms with Gasteiger partial charge in [-0.2, -0.15) is 0 Å². The number of carbonyl (C=O) groups is 1. The van der Waals surface area contributed by atoms with E-state index in [1.54, 1.807) is 12.1 Å². The number of hydrogen-bond acceptors (Lipinski definition) is 6. The van der Waals surface area contributed by atoms with Gasteiger partial charge in [0.2, 0.25) is 15.8 Å². The third-order valence-corrected chi connectivity index (χ3v) is 4.54. The minimum atomic E-state index is -3.79. The Hall–Kier alpha value is -2.98. The lowest BCUT2D eigenvalue weighted by molar-refractivity contribution is 0.260. The predicted molar refractivity (Wildman–Crippen MR) is 110 cm³/mol. The second-order valence-electron chi connectivity index (χ2n) is 5.75. The molecule has 0 spiro atoms. The van der Waals surface area contributed by atoms with Crippen LogP contribution in [-0.4, -0.2) is 34.3 Å². The second-order valence-corrected chi connectivity index (χ2v) is 7.31. The van der Waals surface area contributed by atoms with Crippen LogP contribution < -0.4 is 30.0 Å². The fourth-order valence-electron chi connectivity index (χ4n) is 2.48. The van der Waals surface area contributed by atoms with Crippen molar-refractivity contribution in [1.29, 1.82) is 0 Å². The van der Waals surface area contributed by atoms with Gasteiger partial charge in [-0.3, -0.25) is 0 Å². The third kappa shape index (κ3) is 6.26. The number of nitrogens with two attached hydrogens (primary N) is 1. The Morgan fingerprint density at radius 1 is 0.862 bits per heavy atom. The van der Waals surface area contributed by atoms with Crippen molar-refractivity contribution in [2.45, 2.75) is 25.7 Å². The van der Waals surface area contributed by atoms with Gasteiger partial charge in [-0.05, 0) is 45.0 Å². The Balaban J connectivity index is 2.20. The molecule has 0 atom stereocenters. The highest BCUT2D eigenvalue weighted by molar-refractivity contribution is 7.89. The summed E-state index contributed by atoms with van der Waals surface area (Å²) >= 11 is 0. The summed E-state index contributed by atoms with van der Waals surface area (Å²) in [6, 6.07) is 8.25. The number of nitrogens with one attached hydrogen (secondary N) is 2. The van der Waals surface area contributed by atoms with Gasteiger partial charge in [0.15, 0.2) is 11.5 Å². The zero-order chi connectivity index (χ0) is 21.4. The highest BCUT2D eigenvalue weighted by Gasteiger charge is 2.16. The maximum atomic E-state index is 12.3. The number of rotatable bonds is 9. The van der Waals surface area contributed by atoms with Gasteiger partial charge in [-0.1, -0.05) is 0 Å². The number of ether oxygens (including phenoxy) is 3. The van der Waals surface area contributed by atoms with Gasteiger partial charge in [0.1, 0.15) is 0 Å². The van der Waals surface area contributed by atoms with Gasteiger partial charge in [0.25, 0.3) is 0 Å². The van der Waals surface area contributed by atoms with E-state index in [0.29, 0.717) is 48.4 Å². The maximum absolute atomic E-state index is 12.3. The Morgan fingerprint density at radius 2 is 1.34 bits per heavy atom. The number of carbonyl (C=O) groups excluding carboxylic acids is 1. The van der Waals surface area contributed by atoms with Gasteiger partial charge < -0.3 is 24.8 Å². The Kier molecular flexibility index (Phi) is 7.68. The average Bonchev–Trinajstić information content (AvgIpc) is 2.64. The van der Waals surface area contributed by atoms with Crippen LogP contribution in [0.25, 0.3) is 0 Å². The quantitative estimate of drug-likeness (QED) is 0.568. The predicted octanol–water partition coefficient (Wildman–Crippen LogP) is 3.17. The van der Waals surface area contributed by atoms with Gasteiger partial charge in [0, 0.05) is 17.8 Å². The first kappa shape index (κ1) is 22.3. The maximum Gasteiger partial charge on any atom is 0.323 e. The van der Waals surface area contributed by atoms with Crippen LogP contribution in [0.5, 0.6) is 17.2 Å². The lowest BCUT2D eigenvalue weighted by Gasteiger charge is -2.17. The van der Waals surface area contributed by atoms with E-state index in [-0.39, 0.29) is 4.90 Å². The van der Waals surface area contributed by atoms with E-state index in [9.17, 15) is 13.2 Å². The van der Waals surface area contributed by atoms with Crippen LogP contribution in [0, 0.1) is 0 Å². The number of amides is 2. The number of benzene rings is 2. The van der Waals surface area contributed by atoms with Crippen molar-refractivity contribution in [3.05, 3.63) is 36.4 Å². The molecule has 10 heteroatoms. The highest BCUT2D eigenvalue weighted by Crippen LogP contribution is 2.40. The molecule has 29 heavy (non-hydrogen) atoms. The fourth-order valence-corrected chi connectivity index (χ4v) is 3.00. The molecule has 0 saturated heterocycles. The molecule has 0 aliphatic heterocycles. The summed E-state index contributed by atoms with van der Waals surface area (Å²) in [6.07, 6.45) is 0. The molecule has 2 amide bonds. The number of sulfonamides is 1. The van der Waals surface area contributed by atoms with Crippen molar-refractivity contribution in [3.63, 3.8) is 0 Å². The summed E-state index contributed by atoms with van der Waals surface area (Å²) in [4.78, 5) is 12.3. The fraction of sp³-hybridized carbons (Fsp3) is 0.316. The third-order valence-electron chi connectivity index (χ3n) is 3.61. The van der Waals surface area contributed by atoms with Crippen molar-refractivity contribution in [1.82, 2.24) is 0 Å². The van der Waals surface area contributed by atoms with E-state index in [0.717, 1.165) is 0 Å². The van der Waals surface area contributed by atoms with E-state index in [2.05, 4.69) is 10.6 Å². The molecule has 158 valence electrons. The van der Waals surface area contributed by atoms with Crippen LogP contribution in [-0.2, 0) is 10.0 Å². The summed E-state index contributed by atoms with van der Waals surface area (Å²) in [6.45, 7) is 6.80. The smallest absolute Gasteiger partial charge is 0.323 e. The number of anilines is 2. The molecule has 0 bridgehead atoms. The van der Waals surface area contributed by atoms with Gasteiger partial charge in [0.05, 0.1) is 30.4 Å². The largest absolute Gasteiger partial charge is 0.490 e. The topological polar surface area (TPSA) is 129 Å². The summed E-state index contributed by atoms with van der Waals surface area (Å²) in [5.74, 6) is 1.38. The van der Waals surface area contributed by atoms with E-state index in [1.807, 2.05) is 20.8 Å². The van der Waals surface area contributed by atoms with Crippen molar-refractivity contribution >= 4 is 27.4 Å². The molecule has 0 fully saturated rings. The first-order valence-electron chi connectivity index (χ1n) is 9.05. The number of urea groups is 1. The zero-order valence-electron chi connectivity index (χ0n) is 16.5. The number of primary sulfonamides is 1. The monoisotopic (exact) mass is 423 g/mol. The molecule has 0 aromatic heterocycles. The van der Waals surface area contributed by atoms with E-state index >= 15 is 0 Å². The van der Waals surface area contributed by atoms with Crippen molar-refractivity contribution < 1.29 is 27.4 Å². The normalized spacial score (nSPS) is 10.9. The van der Waals surface area contributed by atoms with Crippen molar-refractivity contribution in [3.8, 4) is 17.2 Å². The summed E-state index contributed by atoms with van der Waals surface area (Å²) in [5, 5.41) is 10.4. The van der Waals surface area contributed by atoms with Crippen molar-refractivity contribution in [2.75, 3.05) is 30.5 Å². The Morgan fingerprint density at radius 3 is 1.79 bits per heavy atom. The van der Waals surface area contributed by atoms with E-state index in [4.69, 9.17) is 19.3 Å². The van der Waals surface area contributed by atoms with Crippen LogP contribution >= 0.6 is 0 Å². The first-order chi connectivity index (χ1) is 13.8. The van der Waals surface area contributed by atoms with Gasteiger partial charge in [-0.15, -0.1) is 0 Å². The summed E-state index contributed by atoms with van der Waals surface area (Å²) in [5.41, 5.74) is 0.843. The molecule has 0 aliphatic rings. The second kappa shape index (κ2) is 9.99. The molecule has 4 N–H and O–H groups in total. The standard InChI is InChI=1S/C19H25N3O6S/c1-4-26-16-11-14(12-17(27-5-2)18(16)28-6-3)22-19(23)21-13-7-9-15(10-8-13)29(20,24)25/h7-12H,4-6H2,1-3H3,(H2,20,24,25)(H2,21,22,23). The summed E-state index contributed by atoms with van der Waals surface area (Å²) in [7, 11) is -3.79. The molecule has 0 aliphatic carbocycles. The van der Waals surface area contributed by atoms with Crippen LogP contribution in [0.3, 0.4) is 0 Å². The van der Waals surface area contributed by atoms with Crippen LogP contribution in [0.2, 0.25) is 0 Å². The molecule has 0 heterocycles. The Labute approximate surface area is 170 Å². The van der Waals surface area contributed by atoms with Crippen molar-refractivity contribution in [2.24, 2.45) is 5.14 Å². The molecule has 0 saturated carbocycles. The van der Waals surface area contributed by atoms with Gasteiger partial charge >= 0.3 is 6.03 Å². The molecule has 0 radical (unpaired) electrons. The lowest BCUT2D eigenvalue weighted by Crippen LogP contribution is -2.20. The molecule has 2 aromatic carbocycles. The van der Waals surface area contributed by atoms with Gasteiger partial charge in [-0.25, -0.2) is 18.4 Å². The van der Waals surface area contributed by atoms with E-state index in [1.165, 1.54) is 24.3 Å².